The van der Waals surface area contributed by atoms with Crippen LogP contribution in [0.4, 0.5) is 8.78 Å². The number of rotatable bonds is 2. The lowest BCUT2D eigenvalue weighted by Gasteiger charge is -2.20. The van der Waals surface area contributed by atoms with Gasteiger partial charge >= 0.3 is 0 Å². The Morgan fingerprint density at radius 3 is 2.64 bits per heavy atom. The van der Waals surface area contributed by atoms with Crippen LogP contribution in [0.25, 0.3) is 0 Å². The van der Waals surface area contributed by atoms with Crippen LogP contribution >= 0.6 is 0 Å². The molecule has 0 amide bonds. The fourth-order valence-corrected chi connectivity index (χ4v) is 1.30. The van der Waals surface area contributed by atoms with Gasteiger partial charge in [-0.05, 0) is 31.3 Å². The fourth-order valence-electron chi connectivity index (χ4n) is 1.30. The Morgan fingerprint density at radius 2 is 2.18 bits per heavy atom. The summed E-state index contributed by atoms with van der Waals surface area (Å²) in [6.07, 6.45) is 4.84. The highest BCUT2D eigenvalue weighted by molar-refractivity contribution is 5.15. The third kappa shape index (κ3) is 1.99. The molecule has 1 aliphatic carbocycles. The Balaban J connectivity index is 2.64. The first-order valence-electron chi connectivity index (χ1n) is 3.94. The van der Waals surface area contributed by atoms with Crippen molar-refractivity contribution in [2.75, 3.05) is 6.54 Å². The summed E-state index contributed by atoms with van der Waals surface area (Å²) in [4.78, 5) is 0. The minimum absolute atomic E-state index is 0.242. The van der Waals surface area contributed by atoms with Gasteiger partial charge in [-0.3, -0.25) is 0 Å². The minimum Gasteiger partial charge on any atom is -0.325 e. The van der Waals surface area contributed by atoms with Crippen LogP contribution in [-0.2, 0) is 0 Å². The van der Waals surface area contributed by atoms with E-state index in [0.717, 1.165) is 19.3 Å². The third-order valence-corrected chi connectivity index (χ3v) is 2.02. The van der Waals surface area contributed by atoms with E-state index in [1.807, 2.05) is 0 Å². The summed E-state index contributed by atoms with van der Waals surface area (Å²) in [5.74, 6) is -2.75. The Bertz CT molecular complexity index is 163. The number of hydrogen-bond acceptors (Lipinski definition) is 1. The predicted octanol–water partition coefficient (Wildman–Crippen LogP) is 2.08. The molecular weight excluding hydrogens is 148 g/mol. The normalized spacial score (nSPS) is 19.7. The van der Waals surface area contributed by atoms with Gasteiger partial charge in [0.1, 0.15) is 0 Å². The molecule has 0 unspecified atom stereocenters. The number of alkyl halides is 2. The van der Waals surface area contributed by atoms with Crippen molar-refractivity contribution < 1.29 is 8.78 Å². The third-order valence-electron chi connectivity index (χ3n) is 2.02. The highest BCUT2D eigenvalue weighted by Gasteiger charge is 2.32. The van der Waals surface area contributed by atoms with E-state index < -0.39 is 12.5 Å². The van der Waals surface area contributed by atoms with Gasteiger partial charge in [-0.2, -0.15) is 0 Å². The Hall–Kier alpha value is -0.440. The minimum atomic E-state index is -2.75. The lowest BCUT2D eigenvalue weighted by Crippen LogP contribution is -2.30. The molecule has 0 saturated carbocycles. The molecule has 0 radical (unpaired) electrons. The van der Waals surface area contributed by atoms with E-state index in [1.54, 1.807) is 6.08 Å². The summed E-state index contributed by atoms with van der Waals surface area (Å²) >= 11 is 0. The zero-order valence-corrected chi connectivity index (χ0v) is 6.45. The van der Waals surface area contributed by atoms with Crippen LogP contribution in [0.1, 0.15) is 25.7 Å². The molecule has 0 atom stereocenters. The van der Waals surface area contributed by atoms with Gasteiger partial charge in [-0.25, -0.2) is 8.78 Å². The molecule has 0 aliphatic heterocycles. The number of halogens is 2. The molecular formula is C8H13F2N. The summed E-state index contributed by atoms with van der Waals surface area (Å²) < 4.78 is 25.7. The standard InChI is InChI=1S/C8H13F2N/c9-8(10,6-11)7-4-2-1-3-5-7/h4H,1-3,5-6,11H2. The van der Waals surface area contributed by atoms with Crippen LogP contribution in [0.15, 0.2) is 11.6 Å². The van der Waals surface area contributed by atoms with Crippen molar-refractivity contribution in [3.63, 3.8) is 0 Å². The largest absolute Gasteiger partial charge is 0.325 e. The van der Waals surface area contributed by atoms with Crippen molar-refractivity contribution in [1.82, 2.24) is 0 Å². The van der Waals surface area contributed by atoms with Gasteiger partial charge < -0.3 is 5.73 Å². The molecule has 0 heterocycles. The Labute approximate surface area is 65.3 Å². The molecule has 64 valence electrons. The molecule has 0 saturated heterocycles. The van der Waals surface area contributed by atoms with Crippen molar-refractivity contribution in [3.05, 3.63) is 11.6 Å². The van der Waals surface area contributed by atoms with Crippen LogP contribution < -0.4 is 5.73 Å². The maximum absolute atomic E-state index is 12.8. The predicted molar refractivity (Wildman–Crippen MR) is 40.6 cm³/mol. The number of hydrogen-bond donors (Lipinski definition) is 1. The molecule has 3 heteroatoms. The van der Waals surface area contributed by atoms with Crippen molar-refractivity contribution >= 4 is 0 Å². The van der Waals surface area contributed by atoms with Crippen molar-refractivity contribution in [1.29, 1.82) is 0 Å². The monoisotopic (exact) mass is 161 g/mol. The van der Waals surface area contributed by atoms with Gasteiger partial charge in [-0.1, -0.05) is 6.08 Å². The SMILES string of the molecule is NCC(F)(F)C1=CCCCC1. The molecule has 0 bridgehead atoms. The second-order valence-corrected chi connectivity index (χ2v) is 2.88. The second kappa shape index (κ2) is 3.30. The van der Waals surface area contributed by atoms with Gasteiger partial charge in [0.05, 0.1) is 6.54 Å². The van der Waals surface area contributed by atoms with Crippen LogP contribution in [0.5, 0.6) is 0 Å². The van der Waals surface area contributed by atoms with E-state index in [9.17, 15) is 8.78 Å². The topological polar surface area (TPSA) is 26.0 Å². The molecule has 1 rings (SSSR count). The number of nitrogens with two attached hydrogens (primary N) is 1. The smallest absolute Gasteiger partial charge is 0.281 e. The van der Waals surface area contributed by atoms with Crippen LogP contribution in [0.2, 0.25) is 0 Å². The summed E-state index contributed by atoms with van der Waals surface area (Å²) in [6, 6.07) is 0. The quantitative estimate of drug-likeness (QED) is 0.616. The zero-order chi connectivity index (χ0) is 8.32. The molecule has 1 aliphatic rings. The van der Waals surface area contributed by atoms with Crippen LogP contribution in [0.3, 0.4) is 0 Å². The maximum atomic E-state index is 12.8. The second-order valence-electron chi connectivity index (χ2n) is 2.88. The van der Waals surface area contributed by atoms with E-state index in [2.05, 4.69) is 0 Å². The van der Waals surface area contributed by atoms with Gasteiger partial charge in [-0.15, -0.1) is 0 Å². The van der Waals surface area contributed by atoms with Crippen LogP contribution in [-0.4, -0.2) is 12.5 Å². The van der Waals surface area contributed by atoms with Crippen molar-refractivity contribution in [3.8, 4) is 0 Å². The molecule has 0 aromatic heterocycles. The summed E-state index contributed by atoms with van der Waals surface area (Å²) in [5.41, 5.74) is 5.19. The highest BCUT2D eigenvalue weighted by atomic mass is 19.3. The summed E-state index contributed by atoms with van der Waals surface area (Å²) in [7, 11) is 0. The van der Waals surface area contributed by atoms with Gasteiger partial charge in [0.15, 0.2) is 0 Å². The first kappa shape index (κ1) is 8.65. The number of allylic oxidation sites excluding steroid dienone is 1. The van der Waals surface area contributed by atoms with E-state index >= 15 is 0 Å². The zero-order valence-electron chi connectivity index (χ0n) is 6.45. The van der Waals surface area contributed by atoms with Crippen LogP contribution in [0, 0.1) is 0 Å². The lowest BCUT2D eigenvalue weighted by molar-refractivity contribution is 0.0461. The highest BCUT2D eigenvalue weighted by Crippen LogP contribution is 2.30. The Morgan fingerprint density at radius 1 is 1.45 bits per heavy atom. The Kier molecular flexibility index (Phi) is 2.60. The molecule has 0 fully saturated rings. The molecule has 2 N–H and O–H groups in total. The lowest BCUT2D eigenvalue weighted by atomic mass is 9.95. The van der Waals surface area contributed by atoms with Gasteiger partial charge in [0.25, 0.3) is 5.92 Å². The van der Waals surface area contributed by atoms with E-state index in [1.165, 1.54) is 0 Å². The van der Waals surface area contributed by atoms with E-state index in [0.29, 0.717) is 6.42 Å². The van der Waals surface area contributed by atoms with E-state index in [4.69, 9.17) is 5.73 Å². The first-order valence-corrected chi connectivity index (χ1v) is 3.94. The van der Waals surface area contributed by atoms with Gasteiger partial charge in [0, 0.05) is 0 Å². The van der Waals surface area contributed by atoms with Crippen molar-refractivity contribution in [2.24, 2.45) is 5.73 Å². The van der Waals surface area contributed by atoms with E-state index in [-0.39, 0.29) is 5.57 Å². The van der Waals surface area contributed by atoms with Gasteiger partial charge in [0.2, 0.25) is 0 Å². The maximum Gasteiger partial charge on any atom is 0.281 e. The first-order chi connectivity index (χ1) is 5.17. The molecule has 0 spiro atoms. The molecule has 11 heavy (non-hydrogen) atoms. The van der Waals surface area contributed by atoms with Crippen molar-refractivity contribution in [2.45, 2.75) is 31.6 Å². The fraction of sp³-hybridized carbons (Fsp3) is 0.750. The molecule has 0 aromatic rings. The molecule has 0 aromatic carbocycles. The molecule has 1 nitrogen and oxygen atoms in total. The average Bonchev–Trinajstić information content (AvgIpc) is 2.06. The average molecular weight is 161 g/mol. The summed E-state index contributed by atoms with van der Waals surface area (Å²) in [6.45, 7) is -0.557. The summed E-state index contributed by atoms with van der Waals surface area (Å²) in [5, 5.41) is 0.